The van der Waals surface area contributed by atoms with Gasteiger partial charge in [-0.2, -0.15) is 39.5 Å². The predicted molar refractivity (Wildman–Crippen MR) is 47.1 cm³/mol. The molecule has 0 amide bonds. The van der Waals surface area contributed by atoms with E-state index in [1.165, 1.54) is 0 Å². The Bertz CT molecular complexity index is 333. The van der Waals surface area contributed by atoms with Gasteiger partial charge in [0, 0.05) is 5.41 Å². The Kier molecular flexibility index (Phi) is 3.41. The van der Waals surface area contributed by atoms with E-state index < -0.39 is 48.1 Å². The van der Waals surface area contributed by atoms with Crippen molar-refractivity contribution < 1.29 is 39.5 Å². The molecule has 0 N–H and O–H groups in total. The summed E-state index contributed by atoms with van der Waals surface area (Å²) in [6.45, 7) is 1.30. The summed E-state index contributed by atoms with van der Waals surface area (Å²) in [5.74, 6) is -2.67. The molecule has 0 saturated heterocycles. The molecule has 0 nitrogen and oxygen atoms in total. The summed E-state index contributed by atoms with van der Waals surface area (Å²) in [5, 5.41) is 0. The van der Waals surface area contributed by atoms with Gasteiger partial charge in [-0.05, 0) is 12.8 Å². The average molecular weight is 302 g/mol. The van der Waals surface area contributed by atoms with E-state index in [0.29, 0.717) is 6.92 Å². The highest BCUT2D eigenvalue weighted by atomic mass is 19.4. The minimum atomic E-state index is -5.75. The third kappa shape index (κ3) is 1.99. The second-order valence-corrected chi connectivity index (χ2v) is 4.85. The van der Waals surface area contributed by atoms with Gasteiger partial charge in [0.05, 0.1) is 5.92 Å². The van der Waals surface area contributed by atoms with Crippen molar-refractivity contribution in [2.75, 3.05) is 0 Å². The Morgan fingerprint density at radius 1 is 0.895 bits per heavy atom. The smallest absolute Gasteiger partial charge is 0.171 e. The van der Waals surface area contributed by atoms with Gasteiger partial charge in [-0.1, -0.05) is 13.8 Å². The maximum atomic E-state index is 12.7. The highest BCUT2D eigenvalue weighted by Crippen LogP contribution is 2.82. The van der Waals surface area contributed by atoms with Crippen LogP contribution in [0.5, 0.6) is 0 Å². The Labute approximate surface area is 103 Å². The van der Waals surface area contributed by atoms with Crippen molar-refractivity contribution >= 4 is 0 Å². The second kappa shape index (κ2) is 3.94. The van der Waals surface area contributed by atoms with Gasteiger partial charge in [-0.3, -0.25) is 0 Å². The average Bonchev–Trinajstić information content (AvgIpc) is 2.85. The van der Waals surface area contributed by atoms with Gasteiger partial charge < -0.3 is 0 Å². The summed E-state index contributed by atoms with van der Waals surface area (Å²) in [5.41, 5.74) is -7.11. The van der Waals surface area contributed by atoms with Crippen LogP contribution >= 0.6 is 0 Å². The topological polar surface area (TPSA) is 0 Å². The summed E-state index contributed by atoms with van der Waals surface area (Å²) in [4.78, 5) is 0. The molecule has 114 valence electrons. The predicted octanol–water partition coefficient (Wildman–Crippen LogP) is 5.10. The molecule has 1 aliphatic rings. The molecule has 0 aromatic rings. The molecule has 1 aliphatic carbocycles. The zero-order valence-electron chi connectivity index (χ0n) is 9.89. The lowest BCUT2D eigenvalue weighted by atomic mass is 9.78. The van der Waals surface area contributed by atoms with Crippen LogP contribution < -0.4 is 0 Å². The maximum Gasteiger partial charge on any atom is 0.403 e. The van der Waals surface area contributed by atoms with Crippen LogP contribution in [-0.2, 0) is 0 Å². The van der Waals surface area contributed by atoms with Crippen molar-refractivity contribution in [3.8, 4) is 0 Å². The summed E-state index contributed by atoms with van der Waals surface area (Å²) in [6.07, 6.45) is -19.0. The normalized spacial score (nSPS) is 29.2. The van der Waals surface area contributed by atoms with E-state index >= 15 is 0 Å². The largest absolute Gasteiger partial charge is 0.403 e. The Morgan fingerprint density at radius 3 is 1.42 bits per heavy atom. The highest BCUT2D eigenvalue weighted by molar-refractivity contribution is 5.23. The molecule has 0 aromatic carbocycles. The molecule has 0 aromatic heterocycles. The van der Waals surface area contributed by atoms with Crippen molar-refractivity contribution in [1.82, 2.24) is 0 Å². The van der Waals surface area contributed by atoms with Crippen LogP contribution in [0.3, 0.4) is 0 Å². The molecule has 1 rings (SSSR count). The summed E-state index contributed by atoms with van der Waals surface area (Å²) >= 11 is 0. The number of halogens is 9. The molecule has 1 fully saturated rings. The fourth-order valence-electron chi connectivity index (χ4n) is 2.92. The molecule has 0 heterocycles. The van der Waals surface area contributed by atoms with Crippen molar-refractivity contribution in [1.29, 1.82) is 0 Å². The van der Waals surface area contributed by atoms with Crippen molar-refractivity contribution in [3.63, 3.8) is 0 Å². The lowest BCUT2D eigenvalue weighted by Gasteiger charge is -2.33. The zero-order chi connectivity index (χ0) is 15.5. The SMILES string of the molecule is CCC1(C(C)C(F)(F)F)CC1(C(F)(F)F)C(F)(F)F. The van der Waals surface area contributed by atoms with E-state index in [2.05, 4.69) is 0 Å². The number of hydrogen-bond donors (Lipinski definition) is 0. The summed E-state index contributed by atoms with van der Waals surface area (Å²) < 4.78 is 114. The number of alkyl halides is 9. The van der Waals surface area contributed by atoms with E-state index in [9.17, 15) is 39.5 Å². The number of rotatable bonds is 2. The van der Waals surface area contributed by atoms with E-state index in [4.69, 9.17) is 0 Å². The molecule has 2 unspecified atom stereocenters. The Morgan fingerprint density at radius 2 is 1.26 bits per heavy atom. The summed E-state index contributed by atoms with van der Waals surface area (Å²) in [7, 11) is 0. The van der Waals surface area contributed by atoms with Gasteiger partial charge in [0.25, 0.3) is 0 Å². The maximum absolute atomic E-state index is 12.7. The molecule has 0 radical (unpaired) electrons. The Balaban J connectivity index is 3.35. The fraction of sp³-hybridized carbons (Fsp3) is 1.00. The van der Waals surface area contributed by atoms with Crippen molar-refractivity contribution in [2.45, 2.75) is 45.2 Å². The van der Waals surface area contributed by atoms with Crippen LogP contribution in [0.1, 0.15) is 26.7 Å². The molecule has 1 saturated carbocycles. The van der Waals surface area contributed by atoms with Crippen molar-refractivity contribution in [3.05, 3.63) is 0 Å². The monoisotopic (exact) mass is 302 g/mol. The second-order valence-electron chi connectivity index (χ2n) is 4.85. The van der Waals surface area contributed by atoms with Gasteiger partial charge >= 0.3 is 18.5 Å². The van der Waals surface area contributed by atoms with Gasteiger partial charge in [0.15, 0.2) is 5.41 Å². The van der Waals surface area contributed by atoms with Crippen LogP contribution in [0.15, 0.2) is 0 Å². The quantitative estimate of drug-likeness (QED) is 0.623. The van der Waals surface area contributed by atoms with E-state index in [1.807, 2.05) is 0 Å². The molecule has 0 aliphatic heterocycles. The third-order valence-electron chi connectivity index (χ3n) is 4.22. The molecular formula is C10H11F9. The highest BCUT2D eigenvalue weighted by Gasteiger charge is 2.92. The van der Waals surface area contributed by atoms with Gasteiger partial charge in [-0.15, -0.1) is 0 Å². The van der Waals surface area contributed by atoms with Gasteiger partial charge in [0.1, 0.15) is 0 Å². The minimum absolute atomic E-state index is 0.378. The molecule has 9 heteroatoms. The molecular weight excluding hydrogens is 291 g/mol. The first-order valence-corrected chi connectivity index (χ1v) is 5.37. The third-order valence-corrected chi connectivity index (χ3v) is 4.22. The zero-order valence-corrected chi connectivity index (χ0v) is 9.89. The molecule has 0 spiro atoms. The van der Waals surface area contributed by atoms with Crippen LogP contribution in [-0.4, -0.2) is 18.5 Å². The van der Waals surface area contributed by atoms with Crippen LogP contribution in [0.2, 0.25) is 0 Å². The van der Waals surface area contributed by atoms with E-state index in [-0.39, 0.29) is 0 Å². The molecule has 19 heavy (non-hydrogen) atoms. The lowest BCUT2D eigenvalue weighted by molar-refractivity contribution is -0.323. The molecule has 2 atom stereocenters. The lowest BCUT2D eigenvalue weighted by Crippen LogP contribution is -2.47. The van der Waals surface area contributed by atoms with Crippen LogP contribution in [0.4, 0.5) is 39.5 Å². The van der Waals surface area contributed by atoms with Crippen molar-refractivity contribution in [2.24, 2.45) is 16.7 Å². The van der Waals surface area contributed by atoms with Gasteiger partial charge in [-0.25, -0.2) is 0 Å². The first-order valence-electron chi connectivity index (χ1n) is 5.37. The minimum Gasteiger partial charge on any atom is -0.171 e. The van der Waals surface area contributed by atoms with E-state index in [1.54, 1.807) is 0 Å². The van der Waals surface area contributed by atoms with Crippen LogP contribution in [0, 0.1) is 16.7 Å². The standard InChI is InChI=1S/C10H11F9/c1-3-6(5(2)8(11,12)13)4-7(6,9(14,15)16)10(17,18)19/h5H,3-4H2,1-2H3. The van der Waals surface area contributed by atoms with Gasteiger partial charge in [0.2, 0.25) is 0 Å². The van der Waals surface area contributed by atoms with E-state index in [0.717, 1.165) is 6.92 Å². The van der Waals surface area contributed by atoms with Crippen LogP contribution in [0.25, 0.3) is 0 Å². The Hall–Kier alpha value is -0.630. The first-order chi connectivity index (χ1) is 8.17. The molecule has 0 bridgehead atoms. The fourth-order valence-corrected chi connectivity index (χ4v) is 2.92. The number of hydrogen-bond acceptors (Lipinski definition) is 0. The summed E-state index contributed by atoms with van der Waals surface area (Å²) in [6, 6.07) is 0. The first kappa shape index (κ1) is 16.4.